The fourth-order valence-corrected chi connectivity index (χ4v) is 2.54. The predicted molar refractivity (Wildman–Crippen MR) is 71.3 cm³/mol. The third-order valence-corrected chi connectivity index (χ3v) is 3.70. The molecule has 2 rings (SSSR count). The third kappa shape index (κ3) is 3.70. The fourth-order valence-electron chi connectivity index (χ4n) is 2.41. The molecule has 1 fully saturated rings. The molecule has 17 heavy (non-hydrogen) atoms. The highest BCUT2D eigenvalue weighted by Gasteiger charge is 2.24. The first-order valence-corrected chi connectivity index (χ1v) is 6.70. The van der Waals surface area contributed by atoms with E-state index in [4.69, 9.17) is 16.3 Å². The Morgan fingerprint density at radius 2 is 1.94 bits per heavy atom. The van der Waals surface area contributed by atoms with E-state index in [9.17, 15) is 0 Å². The van der Waals surface area contributed by atoms with Crippen LogP contribution in [0.2, 0.25) is 5.02 Å². The second-order valence-corrected chi connectivity index (χ2v) is 5.09. The number of ether oxygens (including phenoxy) is 1. The summed E-state index contributed by atoms with van der Waals surface area (Å²) in [6, 6.07) is 8.39. The van der Waals surface area contributed by atoms with Gasteiger partial charge >= 0.3 is 0 Å². The molecule has 2 atom stereocenters. The van der Waals surface area contributed by atoms with Gasteiger partial charge in [-0.1, -0.05) is 36.6 Å². The first-order chi connectivity index (χ1) is 8.29. The molecular formula is C14H20ClNO. The molecule has 1 aromatic rings. The summed E-state index contributed by atoms with van der Waals surface area (Å²) < 4.78 is 6.01. The minimum atomic E-state index is 0.351. The van der Waals surface area contributed by atoms with Gasteiger partial charge in [0.2, 0.25) is 0 Å². The Hall–Kier alpha value is -0.570. The Bertz CT molecular complexity index is 339. The van der Waals surface area contributed by atoms with Gasteiger partial charge in [0.15, 0.2) is 0 Å². The van der Waals surface area contributed by atoms with E-state index >= 15 is 0 Å². The number of hydrogen-bond donors (Lipinski definition) is 1. The summed E-state index contributed by atoms with van der Waals surface area (Å²) in [4.78, 5) is 0. The minimum absolute atomic E-state index is 0.351. The lowest BCUT2D eigenvalue weighted by Gasteiger charge is -2.31. The molecule has 0 amide bonds. The highest BCUT2D eigenvalue weighted by molar-refractivity contribution is 6.30. The first kappa shape index (κ1) is 12.9. The van der Waals surface area contributed by atoms with Crippen LogP contribution in [0.4, 0.5) is 0 Å². The summed E-state index contributed by atoms with van der Waals surface area (Å²) in [6.45, 7) is 0.681. The van der Waals surface area contributed by atoms with Crippen LogP contribution in [-0.2, 0) is 11.3 Å². The summed E-state index contributed by atoms with van der Waals surface area (Å²) in [6.07, 6.45) is 5.33. The van der Waals surface area contributed by atoms with Crippen molar-refractivity contribution >= 4 is 11.6 Å². The van der Waals surface area contributed by atoms with E-state index < -0.39 is 0 Å². The van der Waals surface area contributed by atoms with E-state index in [2.05, 4.69) is 5.32 Å². The van der Waals surface area contributed by atoms with Crippen molar-refractivity contribution in [1.82, 2.24) is 5.32 Å². The van der Waals surface area contributed by atoms with Crippen molar-refractivity contribution in [2.45, 2.75) is 44.4 Å². The lowest BCUT2D eigenvalue weighted by Crippen LogP contribution is -2.41. The van der Waals surface area contributed by atoms with Crippen molar-refractivity contribution < 1.29 is 4.74 Å². The van der Waals surface area contributed by atoms with Crippen molar-refractivity contribution in [2.75, 3.05) is 7.05 Å². The molecule has 0 heterocycles. The summed E-state index contributed by atoms with van der Waals surface area (Å²) >= 11 is 5.86. The van der Waals surface area contributed by atoms with Crippen molar-refractivity contribution in [1.29, 1.82) is 0 Å². The molecule has 2 unspecified atom stereocenters. The quantitative estimate of drug-likeness (QED) is 0.888. The van der Waals surface area contributed by atoms with Gasteiger partial charge < -0.3 is 10.1 Å². The van der Waals surface area contributed by atoms with Crippen LogP contribution in [0.15, 0.2) is 24.3 Å². The molecule has 3 heteroatoms. The summed E-state index contributed by atoms with van der Waals surface area (Å²) in [5, 5.41) is 4.13. The zero-order chi connectivity index (χ0) is 12.1. The van der Waals surface area contributed by atoms with Crippen LogP contribution < -0.4 is 5.32 Å². The molecule has 0 aromatic heterocycles. The van der Waals surface area contributed by atoms with Crippen LogP contribution in [0.3, 0.4) is 0 Å². The molecule has 0 radical (unpaired) electrons. The molecule has 1 aromatic carbocycles. The van der Waals surface area contributed by atoms with Crippen LogP contribution >= 0.6 is 11.6 Å². The zero-order valence-corrected chi connectivity index (χ0v) is 11.0. The Kier molecular flexibility index (Phi) is 4.84. The topological polar surface area (TPSA) is 21.3 Å². The van der Waals surface area contributed by atoms with Crippen molar-refractivity contribution in [3.8, 4) is 0 Å². The van der Waals surface area contributed by atoms with Gasteiger partial charge in [0, 0.05) is 11.1 Å². The van der Waals surface area contributed by atoms with Gasteiger partial charge in [-0.15, -0.1) is 0 Å². The summed E-state index contributed by atoms with van der Waals surface area (Å²) in [5.41, 5.74) is 1.19. The predicted octanol–water partition coefficient (Wildman–Crippen LogP) is 3.39. The summed E-state index contributed by atoms with van der Waals surface area (Å²) in [5.74, 6) is 0. The number of hydrogen-bond acceptors (Lipinski definition) is 2. The van der Waals surface area contributed by atoms with Gasteiger partial charge in [-0.25, -0.2) is 0 Å². The van der Waals surface area contributed by atoms with Crippen LogP contribution in [-0.4, -0.2) is 19.2 Å². The van der Waals surface area contributed by atoms with Gasteiger partial charge in [-0.3, -0.25) is 0 Å². The lowest BCUT2D eigenvalue weighted by atomic mass is 9.92. The van der Waals surface area contributed by atoms with E-state index in [1.54, 1.807) is 0 Å². The summed E-state index contributed by atoms with van der Waals surface area (Å²) in [7, 11) is 2.02. The molecular weight excluding hydrogens is 234 g/mol. The molecule has 0 saturated heterocycles. The highest BCUT2D eigenvalue weighted by atomic mass is 35.5. The van der Waals surface area contributed by atoms with Crippen molar-refractivity contribution in [2.24, 2.45) is 0 Å². The van der Waals surface area contributed by atoms with Crippen molar-refractivity contribution in [3.63, 3.8) is 0 Å². The van der Waals surface area contributed by atoms with Crippen molar-refractivity contribution in [3.05, 3.63) is 34.9 Å². The minimum Gasteiger partial charge on any atom is -0.372 e. The number of likely N-dealkylation sites (N-methyl/N-ethyl adjacent to an activating group) is 1. The maximum Gasteiger partial charge on any atom is 0.0732 e. The first-order valence-electron chi connectivity index (χ1n) is 6.33. The maximum absolute atomic E-state index is 6.01. The van der Waals surface area contributed by atoms with Gasteiger partial charge in [0.05, 0.1) is 12.7 Å². The molecule has 0 spiro atoms. The normalized spacial score (nSPS) is 24.8. The van der Waals surface area contributed by atoms with E-state index in [0.29, 0.717) is 18.8 Å². The SMILES string of the molecule is CNC1CCCCC1OCc1ccc(Cl)cc1. The molecule has 0 aliphatic heterocycles. The Balaban J connectivity index is 1.86. The number of nitrogens with one attached hydrogen (secondary N) is 1. The molecule has 1 N–H and O–H groups in total. The average molecular weight is 254 g/mol. The molecule has 0 bridgehead atoms. The second kappa shape index (κ2) is 6.39. The molecule has 2 nitrogen and oxygen atoms in total. The van der Waals surface area contributed by atoms with E-state index in [1.807, 2.05) is 31.3 Å². The van der Waals surface area contributed by atoms with Gasteiger partial charge in [0.25, 0.3) is 0 Å². The van der Waals surface area contributed by atoms with Gasteiger partial charge in [0.1, 0.15) is 0 Å². The van der Waals surface area contributed by atoms with Crippen LogP contribution in [0.25, 0.3) is 0 Å². The highest BCUT2D eigenvalue weighted by Crippen LogP contribution is 2.22. The second-order valence-electron chi connectivity index (χ2n) is 4.66. The zero-order valence-electron chi connectivity index (χ0n) is 10.3. The smallest absolute Gasteiger partial charge is 0.0732 e. The maximum atomic E-state index is 6.01. The molecule has 1 saturated carbocycles. The van der Waals surface area contributed by atoms with Crippen LogP contribution in [0.5, 0.6) is 0 Å². The standard InChI is InChI=1S/C14H20ClNO/c1-16-13-4-2-3-5-14(13)17-10-11-6-8-12(15)9-7-11/h6-9,13-14,16H,2-5,10H2,1H3. The lowest BCUT2D eigenvalue weighted by molar-refractivity contribution is -0.00360. The van der Waals surface area contributed by atoms with E-state index in [1.165, 1.54) is 31.2 Å². The molecule has 94 valence electrons. The Morgan fingerprint density at radius 3 is 2.65 bits per heavy atom. The fraction of sp³-hybridized carbons (Fsp3) is 0.571. The monoisotopic (exact) mass is 253 g/mol. The number of halogens is 1. The van der Waals surface area contributed by atoms with Gasteiger partial charge in [-0.05, 0) is 37.6 Å². The van der Waals surface area contributed by atoms with Crippen LogP contribution in [0.1, 0.15) is 31.2 Å². The molecule has 1 aliphatic carbocycles. The largest absolute Gasteiger partial charge is 0.372 e. The van der Waals surface area contributed by atoms with E-state index in [0.717, 1.165) is 5.02 Å². The van der Waals surface area contributed by atoms with Crippen LogP contribution in [0, 0.1) is 0 Å². The van der Waals surface area contributed by atoms with Gasteiger partial charge in [-0.2, -0.15) is 0 Å². The Labute approximate surface area is 108 Å². The van der Waals surface area contributed by atoms with E-state index in [-0.39, 0.29) is 0 Å². The average Bonchev–Trinajstić information content (AvgIpc) is 2.38. The number of rotatable bonds is 4. The molecule has 1 aliphatic rings. The number of benzene rings is 1. The third-order valence-electron chi connectivity index (χ3n) is 3.45. The Morgan fingerprint density at radius 1 is 1.24 bits per heavy atom.